The van der Waals surface area contributed by atoms with E-state index in [0.29, 0.717) is 10.8 Å². The number of H-pyrrole nitrogens is 1. The van der Waals surface area contributed by atoms with Crippen molar-refractivity contribution >= 4 is 34.2 Å². The van der Waals surface area contributed by atoms with E-state index in [1.54, 1.807) is 24.3 Å². The molecular formula is C12H13F3N6O2S. The van der Waals surface area contributed by atoms with Gasteiger partial charge in [-0.15, -0.1) is 16.4 Å². The van der Waals surface area contributed by atoms with Crippen LogP contribution in [0.15, 0.2) is 5.38 Å². The Kier molecular flexibility index (Phi) is 5.17. The molecule has 8 nitrogen and oxygen atoms in total. The number of amides is 2. The lowest BCUT2D eigenvalue weighted by atomic mass is 10.2. The number of carbonyl (C=O) groups excluding carboxylic acids is 2. The third-order valence-electron chi connectivity index (χ3n) is 2.65. The number of rotatable bonds is 5. The second kappa shape index (κ2) is 6.95. The number of aromatic amines is 1. The Balaban J connectivity index is 1.92. The molecule has 0 fully saturated rings. The van der Waals surface area contributed by atoms with E-state index in [2.05, 4.69) is 25.7 Å². The molecule has 0 unspecified atom stereocenters. The number of carbonyl (C=O) groups is 2. The van der Waals surface area contributed by atoms with E-state index in [4.69, 9.17) is 0 Å². The molecule has 0 aliphatic heterocycles. The molecule has 0 bridgehead atoms. The minimum atomic E-state index is -4.67. The molecule has 0 spiro atoms. The summed E-state index contributed by atoms with van der Waals surface area (Å²) in [5, 5.41) is 11.6. The lowest BCUT2D eigenvalue weighted by Gasteiger charge is -2.03. The number of nitrogens with zero attached hydrogens (tertiary/aromatic N) is 3. The third-order valence-corrected chi connectivity index (χ3v) is 3.46. The van der Waals surface area contributed by atoms with Crippen LogP contribution in [0.4, 0.5) is 24.3 Å². The van der Waals surface area contributed by atoms with E-state index in [-0.39, 0.29) is 18.2 Å². The fourth-order valence-corrected chi connectivity index (χ4v) is 2.19. The molecule has 2 aromatic rings. The van der Waals surface area contributed by atoms with E-state index in [9.17, 15) is 22.8 Å². The zero-order valence-electron chi connectivity index (χ0n) is 12.6. The van der Waals surface area contributed by atoms with Crippen LogP contribution in [0.2, 0.25) is 0 Å². The molecule has 0 atom stereocenters. The second-order valence-corrected chi connectivity index (χ2v) is 5.88. The van der Waals surface area contributed by atoms with Crippen LogP contribution < -0.4 is 10.6 Å². The summed E-state index contributed by atoms with van der Waals surface area (Å²) in [5.74, 6) is -2.83. The van der Waals surface area contributed by atoms with E-state index in [1.165, 1.54) is 0 Å². The van der Waals surface area contributed by atoms with Crippen LogP contribution in [0, 0.1) is 5.92 Å². The Morgan fingerprint density at radius 2 is 2.00 bits per heavy atom. The van der Waals surface area contributed by atoms with Crippen LogP contribution in [-0.4, -0.2) is 32.0 Å². The average molecular weight is 362 g/mol. The van der Waals surface area contributed by atoms with Gasteiger partial charge in [-0.1, -0.05) is 13.8 Å². The van der Waals surface area contributed by atoms with Gasteiger partial charge < -0.3 is 5.32 Å². The normalized spacial score (nSPS) is 11.6. The molecule has 0 aliphatic rings. The van der Waals surface area contributed by atoms with Gasteiger partial charge in [-0.3, -0.25) is 20.0 Å². The fraction of sp³-hybridized carbons (Fsp3) is 0.417. The van der Waals surface area contributed by atoms with Crippen molar-refractivity contribution in [2.45, 2.75) is 26.4 Å². The first-order valence-corrected chi connectivity index (χ1v) is 7.58. The molecule has 0 aromatic carbocycles. The number of alkyl halides is 3. The Bertz CT molecular complexity index is 739. The minimum absolute atomic E-state index is 0.191. The molecule has 2 aromatic heterocycles. The highest BCUT2D eigenvalue weighted by Gasteiger charge is 2.35. The largest absolute Gasteiger partial charge is 0.451 e. The van der Waals surface area contributed by atoms with Crippen LogP contribution in [0.3, 0.4) is 0 Å². The number of thiazole rings is 1. The molecule has 12 heteroatoms. The van der Waals surface area contributed by atoms with E-state index < -0.39 is 23.9 Å². The summed E-state index contributed by atoms with van der Waals surface area (Å²) in [7, 11) is 0. The van der Waals surface area contributed by atoms with Gasteiger partial charge in [0.05, 0.1) is 12.1 Å². The summed E-state index contributed by atoms with van der Waals surface area (Å²) in [5.41, 5.74) is 0.364. The first kappa shape index (κ1) is 17.8. The predicted molar refractivity (Wildman–Crippen MR) is 79.3 cm³/mol. The molecule has 2 amide bonds. The summed E-state index contributed by atoms with van der Waals surface area (Å²) in [6.07, 6.45) is -4.86. The first-order valence-electron chi connectivity index (χ1n) is 6.70. The molecular weight excluding hydrogens is 349 g/mol. The highest BCUT2D eigenvalue weighted by Crippen LogP contribution is 2.26. The van der Waals surface area contributed by atoms with Gasteiger partial charge in [0.15, 0.2) is 5.13 Å². The molecule has 2 rings (SSSR count). The van der Waals surface area contributed by atoms with Crippen molar-refractivity contribution in [3.05, 3.63) is 16.9 Å². The summed E-state index contributed by atoms with van der Waals surface area (Å²) >= 11 is 1.14. The lowest BCUT2D eigenvalue weighted by Crippen LogP contribution is -2.18. The number of halogens is 3. The topological polar surface area (TPSA) is 113 Å². The van der Waals surface area contributed by atoms with Crippen LogP contribution in [-0.2, 0) is 22.2 Å². The maximum atomic E-state index is 12.4. The number of nitrogens with one attached hydrogen (secondary N) is 3. The van der Waals surface area contributed by atoms with Crippen molar-refractivity contribution in [3.63, 3.8) is 0 Å². The molecule has 130 valence electrons. The van der Waals surface area contributed by atoms with Crippen LogP contribution >= 0.6 is 11.3 Å². The standard InChI is InChI=1S/C12H13F3N6O2S/c1-5(2)8(23)18-11-16-6(4-24-11)3-7(22)17-10-19-9(20-21-10)12(13,14)15/h4-5H,3H2,1-2H3,(H,16,18,23)(H2,17,19,20,21,22). The molecule has 24 heavy (non-hydrogen) atoms. The quantitative estimate of drug-likeness (QED) is 0.754. The van der Waals surface area contributed by atoms with Gasteiger partial charge in [0, 0.05) is 11.3 Å². The van der Waals surface area contributed by atoms with Crippen molar-refractivity contribution in [3.8, 4) is 0 Å². The Hall–Kier alpha value is -2.50. The van der Waals surface area contributed by atoms with Crippen LogP contribution in [0.5, 0.6) is 0 Å². The van der Waals surface area contributed by atoms with Gasteiger partial charge in [0.2, 0.25) is 23.6 Å². The van der Waals surface area contributed by atoms with Crippen molar-refractivity contribution < 1.29 is 22.8 Å². The Labute approximate surface area is 137 Å². The minimum Gasteiger partial charge on any atom is -0.302 e. The molecule has 2 heterocycles. The maximum Gasteiger partial charge on any atom is 0.451 e. The van der Waals surface area contributed by atoms with E-state index in [1.807, 2.05) is 0 Å². The van der Waals surface area contributed by atoms with Gasteiger partial charge in [0.25, 0.3) is 0 Å². The van der Waals surface area contributed by atoms with Gasteiger partial charge in [-0.25, -0.2) is 4.98 Å². The summed E-state index contributed by atoms with van der Waals surface area (Å²) in [4.78, 5) is 30.5. The van der Waals surface area contributed by atoms with Gasteiger partial charge >= 0.3 is 6.18 Å². The van der Waals surface area contributed by atoms with Crippen LogP contribution in [0.1, 0.15) is 25.4 Å². The molecule has 3 N–H and O–H groups in total. The summed E-state index contributed by atoms with van der Waals surface area (Å²) in [6, 6.07) is 0. The SMILES string of the molecule is CC(C)C(=O)Nc1nc(CC(=O)Nc2n[nH]c(C(F)(F)F)n2)cs1. The van der Waals surface area contributed by atoms with Gasteiger partial charge in [-0.2, -0.15) is 18.2 Å². The second-order valence-electron chi connectivity index (χ2n) is 5.02. The first-order chi connectivity index (χ1) is 11.1. The van der Waals surface area contributed by atoms with Crippen molar-refractivity contribution in [1.82, 2.24) is 20.2 Å². The number of aromatic nitrogens is 4. The Morgan fingerprint density at radius 1 is 1.29 bits per heavy atom. The zero-order valence-corrected chi connectivity index (χ0v) is 13.4. The average Bonchev–Trinajstić information content (AvgIpc) is 3.07. The smallest absolute Gasteiger partial charge is 0.302 e. The highest BCUT2D eigenvalue weighted by atomic mass is 32.1. The highest BCUT2D eigenvalue weighted by molar-refractivity contribution is 7.13. The monoisotopic (exact) mass is 362 g/mol. The lowest BCUT2D eigenvalue weighted by molar-refractivity contribution is -0.144. The number of hydrogen-bond donors (Lipinski definition) is 3. The van der Waals surface area contributed by atoms with E-state index >= 15 is 0 Å². The summed E-state index contributed by atoms with van der Waals surface area (Å²) in [6.45, 7) is 3.45. The van der Waals surface area contributed by atoms with Gasteiger partial charge in [0.1, 0.15) is 0 Å². The molecule has 0 saturated heterocycles. The fourth-order valence-electron chi connectivity index (χ4n) is 1.47. The van der Waals surface area contributed by atoms with Crippen LogP contribution in [0.25, 0.3) is 0 Å². The Morgan fingerprint density at radius 3 is 2.58 bits per heavy atom. The third kappa shape index (κ3) is 4.75. The van der Waals surface area contributed by atoms with E-state index in [0.717, 1.165) is 11.3 Å². The van der Waals surface area contributed by atoms with Crippen molar-refractivity contribution in [1.29, 1.82) is 0 Å². The number of anilines is 2. The van der Waals surface area contributed by atoms with Crippen molar-refractivity contribution in [2.24, 2.45) is 5.92 Å². The predicted octanol–water partition coefficient (Wildman–Crippen LogP) is 2.06. The zero-order chi connectivity index (χ0) is 17.9. The number of hydrogen-bond acceptors (Lipinski definition) is 6. The van der Waals surface area contributed by atoms with Gasteiger partial charge in [-0.05, 0) is 0 Å². The molecule has 0 aliphatic carbocycles. The maximum absolute atomic E-state index is 12.4. The molecule has 0 saturated carbocycles. The van der Waals surface area contributed by atoms with Crippen molar-refractivity contribution in [2.75, 3.05) is 10.6 Å². The molecule has 0 radical (unpaired) electrons. The summed E-state index contributed by atoms with van der Waals surface area (Å²) < 4.78 is 37.1.